The van der Waals surface area contributed by atoms with Crippen molar-refractivity contribution in [1.29, 1.82) is 0 Å². The van der Waals surface area contributed by atoms with Crippen LogP contribution in [0.2, 0.25) is 0 Å². The second kappa shape index (κ2) is 6.49. The molecule has 0 unspecified atom stereocenters. The molecule has 0 aliphatic rings. The summed E-state index contributed by atoms with van der Waals surface area (Å²) in [5, 5.41) is 0. The van der Waals surface area contributed by atoms with E-state index in [-0.39, 0.29) is 0 Å². The molecule has 22 heavy (non-hydrogen) atoms. The van der Waals surface area contributed by atoms with Gasteiger partial charge in [0.25, 0.3) is 0 Å². The molecule has 5 heteroatoms. The van der Waals surface area contributed by atoms with Crippen LogP contribution in [-0.2, 0) is 13.1 Å². The van der Waals surface area contributed by atoms with Crippen molar-refractivity contribution in [3.8, 4) is 11.5 Å². The van der Waals surface area contributed by atoms with E-state index in [0.29, 0.717) is 19.7 Å². The molecule has 0 saturated heterocycles. The minimum atomic E-state index is 0.414. The molecule has 0 saturated carbocycles. The number of hydrogen-bond acceptors (Lipinski definition) is 4. The lowest BCUT2D eigenvalue weighted by Gasteiger charge is -2.10. The molecule has 0 bridgehead atoms. The van der Waals surface area contributed by atoms with E-state index in [1.54, 1.807) is 7.11 Å². The number of nitrogens with two attached hydrogens (primary N) is 1. The molecule has 2 aromatic carbocycles. The number of imidazole rings is 1. The first-order chi connectivity index (χ1) is 10.8. The second-order valence-electron chi connectivity index (χ2n) is 4.90. The van der Waals surface area contributed by atoms with Crippen LogP contribution in [0.5, 0.6) is 11.5 Å². The third-order valence-corrected chi connectivity index (χ3v) is 3.56. The maximum Gasteiger partial charge on any atom is 0.123 e. The van der Waals surface area contributed by atoms with Gasteiger partial charge in [0.15, 0.2) is 0 Å². The number of methoxy groups -OCH3 is 1. The Hall–Kier alpha value is -2.53. The Morgan fingerprint density at radius 1 is 1.05 bits per heavy atom. The molecule has 3 rings (SSSR count). The predicted octanol–water partition coefficient (Wildman–Crippen LogP) is 2.58. The van der Waals surface area contributed by atoms with Crippen molar-refractivity contribution < 1.29 is 9.47 Å². The van der Waals surface area contributed by atoms with Gasteiger partial charge in [0.1, 0.15) is 23.9 Å². The van der Waals surface area contributed by atoms with Crippen molar-refractivity contribution >= 4 is 11.0 Å². The number of rotatable bonds is 6. The molecule has 0 atom stereocenters. The van der Waals surface area contributed by atoms with Gasteiger partial charge >= 0.3 is 0 Å². The topological polar surface area (TPSA) is 62.3 Å². The summed E-state index contributed by atoms with van der Waals surface area (Å²) in [4.78, 5) is 4.55. The average Bonchev–Trinajstić information content (AvgIpc) is 2.93. The van der Waals surface area contributed by atoms with Crippen molar-refractivity contribution in [1.82, 2.24) is 9.55 Å². The Kier molecular flexibility index (Phi) is 4.25. The first-order valence-electron chi connectivity index (χ1n) is 7.23. The number of ether oxygens (including phenoxy) is 2. The van der Waals surface area contributed by atoms with Crippen LogP contribution in [0.3, 0.4) is 0 Å². The lowest BCUT2D eigenvalue weighted by Crippen LogP contribution is -2.13. The van der Waals surface area contributed by atoms with Gasteiger partial charge in [-0.1, -0.05) is 12.1 Å². The zero-order chi connectivity index (χ0) is 15.4. The summed E-state index contributed by atoms with van der Waals surface area (Å²) in [6.07, 6.45) is 0. The Morgan fingerprint density at radius 3 is 2.50 bits per heavy atom. The van der Waals surface area contributed by atoms with E-state index in [1.165, 1.54) is 0 Å². The van der Waals surface area contributed by atoms with Gasteiger partial charge in [-0.15, -0.1) is 0 Å². The highest BCUT2D eigenvalue weighted by Gasteiger charge is 2.08. The van der Waals surface area contributed by atoms with Crippen molar-refractivity contribution in [2.24, 2.45) is 5.73 Å². The van der Waals surface area contributed by atoms with Gasteiger partial charge in [0, 0.05) is 0 Å². The third kappa shape index (κ3) is 2.89. The molecule has 5 nitrogen and oxygen atoms in total. The fourth-order valence-corrected chi connectivity index (χ4v) is 2.46. The summed E-state index contributed by atoms with van der Waals surface area (Å²) in [7, 11) is 1.65. The Labute approximate surface area is 129 Å². The van der Waals surface area contributed by atoms with E-state index in [4.69, 9.17) is 15.2 Å². The molecular weight excluding hydrogens is 278 g/mol. The van der Waals surface area contributed by atoms with Gasteiger partial charge in [0.05, 0.1) is 31.2 Å². The van der Waals surface area contributed by atoms with E-state index in [1.807, 2.05) is 42.5 Å². The van der Waals surface area contributed by atoms with Crippen LogP contribution in [0, 0.1) is 0 Å². The summed E-state index contributed by atoms with van der Waals surface area (Å²) >= 11 is 0. The van der Waals surface area contributed by atoms with Gasteiger partial charge in [0.2, 0.25) is 0 Å². The average molecular weight is 297 g/mol. The molecule has 0 spiro atoms. The summed E-state index contributed by atoms with van der Waals surface area (Å²) in [6, 6.07) is 15.6. The number of hydrogen-bond donors (Lipinski definition) is 1. The monoisotopic (exact) mass is 297 g/mol. The highest BCUT2D eigenvalue weighted by molar-refractivity contribution is 5.75. The summed E-state index contributed by atoms with van der Waals surface area (Å²) in [5.74, 6) is 2.51. The molecular formula is C17H19N3O2. The van der Waals surface area contributed by atoms with Crippen molar-refractivity contribution in [2.45, 2.75) is 13.1 Å². The van der Waals surface area contributed by atoms with Crippen LogP contribution in [0.4, 0.5) is 0 Å². The fraction of sp³-hybridized carbons (Fsp3) is 0.235. The number of nitrogens with zero attached hydrogens (tertiary/aromatic N) is 2. The van der Waals surface area contributed by atoms with Gasteiger partial charge < -0.3 is 19.8 Å². The second-order valence-corrected chi connectivity index (χ2v) is 4.90. The molecule has 2 N–H and O–H groups in total. The van der Waals surface area contributed by atoms with Gasteiger partial charge in [-0.3, -0.25) is 0 Å². The number of aromatic nitrogens is 2. The summed E-state index contributed by atoms with van der Waals surface area (Å²) < 4.78 is 13.0. The smallest absolute Gasteiger partial charge is 0.123 e. The van der Waals surface area contributed by atoms with E-state index in [0.717, 1.165) is 28.4 Å². The zero-order valence-electron chi connectivity index (χ0n) is 12.5. The molecule has 0 amide bonds. The standard InChI is InChI=1S/C17H19N3O2/c1-21-13-6-8-14(9-7-13)22-11-10-20-16-5-3-2-4-15(16)19-17(20)12-18/h2-9H,10-12,18H2,1H3. The quantitative estimate of drug-likeness (QED) is 0.759. The summed E-state index contributed by atoms with van der Waals surface area (Å²) in [6.45, 7) is 1.68. The fourth-order valence-electron chi connectivity index (χ4n) is 2.46. The zero-order valence-corrected chi connectivity index (χ0v) is 12.5. The summed E-state index contributed by atoms with van der Waals surface area (Å²) in [5.41, 5.74) is 7.84. The van der Waals surface area contributed by atoms with Crippen LogP contribution >= 0.6 is 0 Å². The van der Waals surface area contributed by atoms with Crippen LogP contribution in [-0.4, -0.2) is 23.3 Å². The van der Waals surface area contributed by atoms with Crippen LogP contribution in [0.25, 0.3) is 11.0 Å². The highest BCUT2D eigenvalue weighted by atomic mass is 16.5. The first kappa shape index (κ1) is 14.4. The van der Waals surface area contributed by atoms with Gasteiger partial charge in [-0.2, -0.15) is 0 Å². The first-order valence-corrected chi connectivity index (χ1v) is 7.23. The van der Waals surface area contributed by atoms with E-state index in [2.05, 4.69) is 15.6 Å². The Morgan fingerprint density at radius 2 is 1.77 bits per heavy atom. The predicted molar refractivity (Wildman–Crippen MR) is 86.1 cm³/mol. The Bertz CT molecular complexity index is 750. The van der Waals surface area contributed by atoms with Gasteiger partial charge in [-0.05, 0) is 36.4 Å². The number of benzene rings is 2. The molecule has 0 aliphatic carbocycles. The SMILES string of the molecule is COc1ccc(OCCn2c(CN)nc3ccccc32)cc1. The lowest BCUT2D eigenvalue weighted by molar-refractivity contribution is 0.297. The Balaban J connectivity index is 1.70. The lowest BCUT2D eigenvalue weighted by atomic mass is 10.3. The van der Waals surface area contributed by atoms with Crippen molar-refractivity contribution in [3.05, 3.63) is 54.4 Å². The molecule has 1 aromatic heterocycles. The maximum atomic E-state index is 5.79. The maximum absolute atomic E-state index is 5.79. The molecule has 0 fully saturated rings. The number of para-hydroxylation sites is 2. The van der Waals surface area contributed by atoms with Crippen LogP contribution < -0.4 is 15.2 Å². The largest absolute Gasteiger partial charge is 0.497 e. The minimum absolute atomic E-state index is 0.414. The van der Waals surface area contributed by atoms with Crippen LogP contribution in [0.15, 0.2) is 48.5 Å². The van der Waals surface area contributed by atoms with Crippen molar-refractivity contribution in [2.75, 3.05) is 13.7 Å². The molecule has 114 valence electrons. The van der Waals surface area contributed by atoms with E-state index >= 15 is 0 Å². The van der Waals surface area contributed by atoms with Crippen LogP contribution in [0.1, 0.15) is 5.82 Å². The molecule has 0 radical (unpaired) electrons. The molecule has 3 aromatic rings. The molecule has 1 heterocycles. The van der Waals surface area contributed by atoms with Crippen molar-refractivity contribution in [3.63, 3.8) is 0 Å². The minimum Gasteiger partial charge on any atom is -0.497 e. The van der Waals surface area contributed by atoms with Gasteiger partial charge in [-0.25, -0.2) is 4.98 Å². The van der Waals surface area contributed by atoms with E-state index < -0.39 is 0 Å². The number of fused-ring (bicyclic) bond motifs is 1. The molecule has 0 aliphatic heterocycles. The normalized spacial score (nSPS) is 10.8. The highest BCUT2D eigenvalue weighted by Crippen LogP contribution is 2.18. The third-order valence-electron chi connectivity index (χ3n) is 3.56. The van der Waals surface area contributed by atoms with E-state index in [9.17, 15) is 0 Å².